The van der Waals surface area contributed by atoms with E-state index in [4.69, 9.17) is 4.42 Å². The molecule has 0 aliphatic rings. The third kappa shape index (κ3) is 5.82. The van der Waals surface area contributed by atoms with Crippen LogP contribution in [0.2, 0.25) is 0 Å². The molecule has 0 saturated heterocycles. The summed E-state index contributed by atoms with van der Waals surface area (Å²) in [5, 5.41) is 8.34. The summed E-state index contributed by atoms with van der Waals surface area (Å²) in [6, 6.07) is 16.4. The van der Waals surface area contributed by atoms with E-state index >= 15 is 0 Å². The van der Waals surface area contributed by atoms with Crippen molar-refractivity contribution in [2.45, 2.75) is 26.8 Å². The van der Waals surface area contributed by atoms with Gasteiger partial charge < -0.3 is 20.4 Å². The van der Waals surface area contributed by atoms with Crippen LogP contribution in [0.4, 0.5) is 11.4 Å². The Morgan fingerprint density at radius 1 is 0.839 bits per heavy atom. The second-order valence-corrected chi connectivity index (χ2v) is 7.57. The van der Waals surface area contributed by atoms with Crippen molar-refractivity contribution in [1.82, 2.24) is 5.32 Å². The van der Waals surface area contributed by atoms with Crippen LogP contribution in [0.3, 0.4) is 0 Å². The predicted molar refractivity (Wildman–Crippen MR) is 119 cm³/mol. The molecule has 160 valence electrons. The fourth-order valence-electron chi connectivity index (χ4n) is 3.04. The van der Waals surface area contributed by atoms with E-state index < -0.39 is 6.04 Å². The number of anilines is 2. The number of hydrogen-bond acceptors (Lipinski definition) is 4. The number of carbonyl (C=O) groups is 3. The Bertz CT molecular complexity index is 1070. The third-order valence-electron chi connectivity index (χ3n) is 4.65. The van der Waals surface area contributed by atoms with E-state index in [0.717, 1.165) is 5.56 Å². The van der Waals surface area contributed by atoms with Crippen molar-refractivity contribution in [2.75, 3.05) is 10.6 Å². The highest BCUT2D eigenvalue weighted by Crippen LogP contribution is 2.18. The summed E-state index contributed by atoms with van der Waals surface area (Å²) in [7, 11) is 0. The van der Waals surface area contributed by atoms with Crippen LogP contribution in [-0.4, -0.2) is 23.8 Å². The molecule has 0 aliphatic heterocycles. The maximum Gasteiger partial charge on any atom is 0.291 e. The molecule has 2 aromatic carbocycles. The number of rotatable bonds is 7. The summed E-state index contributed by atoms with van der Waals surface area (Å²) in [5.41, 5.74) is 2.47. The molecule has 0 radical (unpaired) electrons. The highest BCUT2D eigenvalue weighted by Gasteiger charge is 2.25. The van der Waals surface area contributed by atoms with Gasteiger partial charge in [-0.15, -0.1) is 0 Å². The van der Waals surface area contributed by atoms with E-state index in [1.165, 1.54) is 6.26 Å². The average Bonchev–Trinajstić information content (AvgIpc) is 3.27. The minimum atomic E-state index is -0.727. The molecule has 1 unspecified atom stereocenters. The van der Waals surface area contributed by atoms with Crippen molar-refractivity contribution >= 4 is 29.1 Å². The lowest BCUT2D eigenvalue weighted by Gasteiger charge is -2.22. The summed E-state index contributed by atoms with van der Waals surface area (Å²) in [6.45, 7) is 5.63. The Labute approximate surface area is 180 Å². The third-order valence-corrected chi connectivity index (χ3v) is 4.65. The Morgan fingerprint density at radius 2 is 1.55 bits per heavy atom. The van der Waals surface area contributed by atoms with Crippen molar-refractivity contribution in [3.05, 3.63) is 83.8 Å². The zero-order chi connectivity index (χ0) is 22.4. The van der Waals surface area contributed by atoms with Gasteiger partial charge in [0.1, 0.15) is 6.04 Å². The van der Waals surface area contributed by atoms with Crippen LogP contribution in [0.15, 0.2) is 71.3 Å². The van der Waals surface area contributed by atoms with Crippen LogP contribution >= 0.6 is 0 Å². The summed E-state index contributed by atoms with van der Waals surface area (Å²) < 4.78 is 5.08. The molecule has 3 rings (SSSR count). The first-order valence-corrected chi connectivity index (χ1v) is 9.97. The highest BCUT2D eigenvalue weighted by atomic mass is 16.3. The molecular weight excluding hydrogens is 394 g/mol. The summed E-state index contributed by atoms with van der Waals surface area (Å²) in [5.74, 6) is -0.981. The maximum absolute atomic E-state index is 12.9. The molecule has 1 atom stereocenters. The molecule has 1 aromatic heterocycles. The number of amides is 3. The monoisotopic (exact) mass is 419 g/mol. The normalized spacial score (nSPS) is 11.6. The van der Waals surface area contributed by atoms with Gasteiger partial charge in [0.05, 0.1) is 6.26 Å². The summed E-state index contributed by atoms with van der Waals surface area (Å²) in [6.07, 6.45) is 1.42. The van der Waals surface area contributed by atoms with Crippen LogP contribution < -0.4 is 16.0 Å². The van der Waals surface area contributed by atoms with Crippen LogP contribution in [0.5, 0.6) is 0 Å². The smallest absolute Gasteiger partial charge is 0.291 e. The second-order valence-electron chi connectivity index (χ2n) is 7.57. The summed E-state index contributed by atoms with van der Waals surface area (Å²) >= 11 is 0. The van der Waals surface area contributed by atoms with Gasteiger partial charge in [-0.25, -0.2) is 0 Å². The molecule has 0 bridgehead atoms. The molecule has 7 nitrogen and oxygen atoms in total. The number of carbonyl (C=O) groups excluding carboxylic acids is 3. The molecule has 0 fully saturated rings. The van der Waals surface area contributed by atoms with Gasteiger partial charge in [-0.3, -0.25) is 14.4 Å². The maximum atomic E-state index is 12.9. The SMILES string of the molecule is Cc1cccc(C(=O)NC(C(=O)Nc2cccc(NC(=O)c3ccco3)c2)C(C)C)c1. The molecule has 1 heterocycles. The van der Waals surface area contributed by atoms with Crippen molar-refractivity contribution < 1.29 is 18.8 Å². The second kappa shape index (κ2) is 9.75. The average molecular weight is 419 g/mol. The summed E-state index contributed by atoms with van der Waals surface area (Å²) in [4.78, 5) is 37.6. The van der Waals surface area contributed by atoms with Crippen molar-refractivity contribution in [3.8, 4) is 0 Å². The van der Waals surface area contributed by atoms with E-state index in [2.05, 4.69) is 16.0 Å². The first-order valence-electron chi connectivity index (χ1n) is 9.97. The quantitative estimate of drug-likeness (QED) is 0.533. The molecule has 3 amide bonds. The van der Waals surface area contributed by atoms with E-state index in [9.17, 15) is 14.4 Å². The number of furan rings is 1. The van der Waals surface area contributed by atoms with Crippen molar-refractivity contribution in [2.24, 2.45) is 5.92 Å². The van der Waals surface area contributed by atoms with Gasteiger partial charge in [-0.1, -0.05) is 37.6 Å². The Hall–Kier alpha value is -3.87. The zero-order valence-electron chi connectivity index (χ0n) is 17.6. The molecule has 3 N–H and O–H groups in total. The van der Waals surface area contributed by atoms with Gasteiger partial charge in [-0.05, 0) is 55.3 Å². The molecular formula is C24H25N3O4. The fraction of sp³-hybridized carbons (Fsp3) is 0.208. The van der Waals surface area contributed by atoms with Gasteiger partial charge in [0, 0.05) is 16.9 Å². The van der Waals surface area contributed by atoms with Gasteiger partial charge >= 0.3 is 0 Å². The van der Waals surface area contributed by atoms with Gasteiger partial charge in [0.25, 0.3) is 11.8 Å². The molecule has 3 aromatic rings. The zero-order valence-corrected chi connectivity index (χ0v) is 17.6. The molecule has 7 heteroatoms. The van der Waals surface area contributed by atoms with Gasteiger partial charge in [0.15, 0.2) is 5.76 Å². The Morgan fingerprint density at radius 3 is 2.19 bits per heavy atom. The number of nitrogens with one attached hydrogen (secondary N) is 3. The lowest BCUT2D eigenvalue weighted by atomic mass is 10.0. The van der Waals surface area contributed by atoms with Crippen LogP contribution in [0.1, 0.15) is 40.3 Å². The van der Waals surface area contributed by atoms with Crippen LogP contribution in [0, 0.1) is 12.8 Å². The van der Waals surface area contributed by atoms with Gasteiger partial charge in [-0.2, -0.15) is 0 Å². The van der Waals surface area contributed by atoms with Crippen LogP contribution in [0.25, 0.3) is 0 Å². The topological polar surface area (TPSA) is 100 Å². The predicted octanol–water partition coefficient (Wildman–Crippen LogP) is 4.23. The molecule has 0 aliphatic carbocycles. The van der Waals surface area contributed by atoms with E-state index in [1.54, 1.807) is 54.6 Å². The van der Waals surface area contributed by atoms with Gasteiger partial charge in [0.2, 0.25) is 5.91 Å². The van der Waals surface area contributed by atoms with E-state index in [1.807, 2.05) is 26.8 Å². The fourth-order valence-corrected chi connectivity index (χ4v) is 3.04. The number of aryl methyl sites for hydroxylation is 1. The minimum Gasteiger partial charge on any atom is -0.459 e. The number of hydrogen-bond donors (Lipinski definition) is 3. The number of benzene rings is 2. The molecule has 31 heavy (non-hydrogen) atoms. The minimum absolute atomic E-state index is 0.129. The lowest BCUT2D eigenvalue weighted by Crippen LogP contribution is -2.47. The highest BCUT2D eigenvalue weighted by molar-refractivity contribution is 6.03. The first kappa shape index (κ1) is 21.8. The lowest BCUT2D eigenvalue weighted by molar-refractivity contribution is -0.118. The van der Waals surface area contributed by atoms with E-state index in [0.29, 0.717) is 16.9 Å². The largest absolute Gasteiger partial charge is 0.459 e. The molecule has 0 spiro atoms. The Kier molecular flexibility index (Phi) is 6.87. The molecule has 0 saturated carbocycles. The van der Waals surface area contributed by atoms with Crippen molar-refractivity contribution in [3.63, 3.8) is 0 Å². The van der Waals surface area contributed by atoms with Crippen LogP contribution in [-0.2, 0) is 4.79 Å². The van der Waals surface area contributed by atoms with Crippen molar-refractivity contribution in [1.29, 1.82) is 0 Å². The standard InChI is InChI=1S/C24H25N3O4/c1-15(2)21(27-22(28)17-8-4-7-16(3)13-17)24(30)26-19-10-5-9-18(14-19)25-23(29)20-11-6-12-31-20/h4-15,21H,1-3H3,(H,25,29)(H,26,30)(H,27,28). The first-order chi connectivity index (χ1) is 14.8. The van der Waals surface area contributed by atoms with E-state index in [-0.39, 0.29) is 29.4 Å². The Balaban J connectivity index is 1.68.